The van der Waals surface area contributed by atoms with Gasteiger partial charge in [0.2, 0.25) is 0 Å². The molecule has 3 fully saturated rings. The van der Waals surface area contributed by atoms with Crippen LogP contribution in [0.1, 0.15) is 112 Å². The molecule has 0 radical (unpaired) electrons. The molecule has 4 aliphatic rings. The molecule has 1 N–H and O–H groups in total. The van der Waals surface area contributed by atoms with Crippen LogP contribution < -0.4 is 0 Å². The Morgan fingerprint density at radius 3 is 2.41 bits per heavy atom. The maximum Gasteiger partial charge on any atom is 0.0543 e. The molecule has 0 aliphatic heterocycles. The summed E-state index contributed by atoms with van der Waals surface area (Å²) < 4.78 is 0. The van der Waals surface area contributed by atoms with Crippen molar-refractivity contribution in [3.63, 3.8) is 0 Å². The van der Waals surface area contributed by atoms with Crippen molar-refractivity contribution >= 4 is 0 Å². The topological polar surface area (TPSA) is 20.2 Å². The predicted octanol–water partition coefficient (Wildman–Crippen LogP) is 7.78. The number of fused-ring (bicyclic) bond motifs is 4. The fourth-order valence-corrected chi connectivity index (χ4v) is 8.48. The van der Waals surface area contributed by atoms with Crippen LogP contribution in [-0.4, -0.2) is 11.2 Å². The molecule has 8 atom stereocenters. The number of hydrogen-bond donors (Lipinski definition) is 1. The molecule has 4 aliphatic carbocycles. The van der Waals surface area contributed by atoms with E-state index in [4.69, 9.17) is 0 Å². The highest BCUT2D eigenvalue weighted by atomic mass is 16.3. The molecule has 4 rings (SSSR count). The molecule has 0 saturated heterocycles. The number of rotatable bonds is 5. The SMILES string of the molecule is CC(C)C(C)CC[C@@H](C)C1CCC2=C3CC[C@H]4CC(O)CCC4(C)C3CCC21C. The number of aliphatic hydroxyl groups is 1. The molecule has 0 bridgehead atoms. The van der Waals surface area contributed by atoms with Crippen molar-refractivity contribution in [1.29, 1.82) is 0 Å². The maximum atomic E-state index is 10.3. The monoisotopic (exact) mass is 400 g/mol. The Hall–Kier alpha value is -0.300. The first-order chi connectivity index (χ1) is 13.7. The van der Waals surface area contributed by atoms with Crippen LogP contribution >= 0.6 is 0 Å². The summed E-state index contributed by atoms with van der Waals surface area (Å²) >= 11 is 0. The summed E-state index contributed by atoms with van der Waals surface area (Å²) in [6, 6.07) is 0. The van der Waals surface area contributed by atoms with E-state index in [0.29, 0.717) is 10.8 Å². The lowest BCUT2D eigenvalue weighted by atomic mass is 9.49. The lowest BCUT2D eigenvalue weighted by Gasteiger charge is -2.56. The summed E-state index contributed by atoms with van der Waals surface area (Å²) in [5.74, 6) is 5.04. The Kier molecular flexibility index (Phi) is 6.04. The summed E-state index contributed by atoms with van der Waals surface area (Å²) in [6.07, 6.45) is 14.5. The van der Waals surface area contributed by atoms with Gasteiger partial charge in [-0.3, -0.25) is 0 Å². The van der Waals surface area contributed by atoms with Crippen LogP contribution in [0.4, 0.5) is 0 Å². The standard InChI is InChI=1S/C28H48O/c1-18(2)19(3)7-8-20(4)24-11-12-25-23-10-9-21-17-22(29)13-15-27(21,5)26(23)14-16-28(24,25)6/h18-22,24,26,29H,7-17H2,1-6H3/t19?,20-,21+,22?,24?,26?,27?,28?/m1/s1. The first kappa shape index (κ1) is 21.9. The summed E-state index contributed by atoms with van der Waals surface area (Å²) in [6.45, 7) is 15.0. The minimum absolute atomic E-state index is 0.0268. The molecule has 0 aromatic heterocycles. The maximum absolute atomic E-state index is 10.3. The van der Waals surface area contributed by atoms with Gasteiger partial charge < -0.3 is 5.11 Å². The zero-order chi connectivity index (χ0) is 21.0. The van der Waals surface area contributed by atoms with Crippen molar-refractivity contribution in [2.24, 2.45) is 46.3 Å². The molecule has 3 saturated carbocycles. The summed E-state index contributed by atoms with van der Waals surface area (Å²) in [5.41, 5.74) is 4.80. The van der Waals surface area contributed by atoms with Crippen molar-refractivity contribution < 1.29 is 5.11 Å². The van der Waals surface area contributed by atoms with Gasteiger partial charge >= 0.3 is 0 Å². The lowest BCUT2D eigenvalue weighted by molar-refractivity contribution is -0.0381. The van der Waals surface area contributed by atoms with Crippen LogP contribution in [0.15, 0.2) is 11.1 Å². The Balaban J connectivity index is 1.53. The molecule has 166 valence electrons. The van der Waals surface area contributed by atoms with Gasteiger partial charge in [0.15, 0.2) is 0 Å². The van der Waals surface area contributed by atoms with Crippen molar-refractivity contribution in [3.8, 4) is 0 Å². The van der Waals surface area contributed by atoms with E-state index in [9.17, 15) is 5.11 Å². The number of allylic oxidation sites excluding steroid dienone is 2. The second kappa shape index (κ2) is 7.99. The van der Waals surface area contributed by atoms with Gasteiger partial charge in [-0.15, -0.1) is 0 Å². The summed E-state index contributed by atoms with van der Waals surface area (Å²) in [5, 5.41) is 10.3. The van der Waals surface area contributed by atoms with E-state index >= 15 is 0 Å². The fraction of sp³-hybridized carbons (Fsp3) is 0.929. The van der Waals surface area contributed by atoms with Crippen LogP contribution in [0.3, 0.4) is 0 Å². The molecule has 0 heterocycles. The van der Waals surface area contributed by atoms with E-state index in [0.717, 1.165) is 48.3 Å². The summed E-state index contributed by atoms with van der Waals surface area (Å²) in [7, 11) is 0. The van der Waals surface area contributed by atoms with Crippen molar-refractivity contribution in [1.82, 2.24) is 0 Å². The van der Waals surface area contributed by atoms with Crippen molar-refractivity contribution in [3.05, 3.63) is 11.1 Å². The molecule has 0 spiro atoms. The van der Waals surface area contributed by atoms with Crippen LogP contribution in [0.25, 0.3) is 0 Å². The van der Waals surface area contributed by atoms with E-state index in [1.54, 1.807) is 0 Å². The second-order valence-corrected chi connectivity index (χ2v) is 12.6. The van der Waals surface area contributed by atoms with Crippen LogP contribution in [-0.2, 0) is 0 Å². The summed E-state index contributed by atoms with van der Waals surface area (Å²) in [4.78, 5) is 0. The molecule has 0 amide bonds. The van der Waals surface area contributed by atoms with E-state index in [1.807, 2.05) is 11.1 Å². The third-order valence-corrected chi connectivity index (χ3v) is 10.9. The highest BCUT2D eigenvalue weighted by molar-refractivity contribution is 5.34. The fourth-order valence-electron chi connectivity index (χ4n) is 8.48. The van der Waals surface area contributed by atoms with Crippen LogP contribution in [0.5, 0.6) is 0 Å². The Labute approximate surface area is 181 Å². The van der Waals surface area contributed by atoms with E-state index in [2.05, 4.69) is 41.5 Å². The zero-order valence-corrected chi connectivity index (χ0v) is 20.3. The Bertz CT molecular complexity index is 632. The van der Waals surface area contributed by atoms with Gasteiger partial charge in [0.1, 0.15) is 0 Å². The smallest absolute Gasteiger partial charge is 0.0543 e. The van der Waals surface area contributed by atoms with Gasteiger partial charge in [-0.05, 0) is 104 Å². The van der Waals surface area contributed by atoms with Gasteiger partial charge in [-0.2, -0.15) is 0 Å². The normalized spacial score (nSPS) is 44.3. The van der Waals surface area contributed by atoms with Gasteiger partial charge in [0.05, 0.1) is 6.10 Å². The van der Waals surface area contributed by atoms with Gasteiger partial charge in [-0.1, -0.05) is 65.5 Å². The zero-order valence-electron chi connectivity index (χ0n) is 20.3. The highest BCUT2D eigenvalue weighted by Crippen LogP contribution is 2.65. The quantitative estimate of drug-likeness (QED) is 0.467. The average molecular weight is 401 g/mol. The van der Waals surface area contributed by atoms with E-state index < -0.39 is 0 Å². The number of aliphatic hydroxyl groups excluding tert-OH is 1. The highest BCUT2D eigenvalue weighted by Gasteiger charge is 2.55. The van der Waals surface area contributed by atoms with Crippen molar-refractivity contribution in [2.75, 3.05) is 0 Å². The second-order valence-electron chi connectivity index (χ2n) is 12.6. The average Bonchev–Trinajstić information content (AvgIpc) is 3.03. The van der Waals surface area contributed by atoms with Gasteiger partial charge in [0, 0.05) is 0 Å². The van der Waals surface area contributed by atoms with Crippen LogP contribution in [0.2, 0.25) is 0 Å². The molecule has 1 nitrogen and oxygen atoms in total. The molecule has 0 aromatic carbocycles. The molecule has 0 aromatic rings. The largest absolute Gasteiger partial charge is 0.393 e. The third-order valence-electron chi connectivity index (χ3n) is 10.9. The number of hydrogen-bond acceptors (Lipinski definition) is 1. The minimum Gasteiger partial charge on any atom is -0.393 e. The van der Waals surface area contributed by atoms with Crippen molar-refractivity contribution in [2.45, 2.75) is 118 Å². The van der Waals surface area contributed by atoms with E-state index in [1.165, 1.54) is 57.8 Å². The lowest BCUT2D eigenvalue weighted by Crippen LogP contribution is -2.48. The van der Waals surface area contributed by atoms with E-state index in [-0.39, 0.29) is 6.10 Å². The molecule has 29 heavy (non-hydrogen) atoms. The molecular formula is C28H48O. The first-order valence-corrected chi connectivity index (χ1v) is 13.1. The molecular weight excluding hydrogens is 352 g/mol. The molecule has 6 unspecified atom stereocenters. The minimum atomic E-state index is -0.0268. The van der Waals surface area contributed by atoms with Gasteiger partial charge in [0.25, 0.3) is 0 Å². The molecule has 1 heteroatoms. The third kappa shape index (κ3) is 3.66. The predicted molar refractivity (Wildman–Crippen MR) is 124 cm³/mol. The first-order valence-electron chi connectivity index (χ1n) is 13.1. The Morgan fingerprint density at radius 1 is 0.931 bits per heavy atom. The van der Waals surface area contributed by atoms with Crippen LogP contribution in [0, 0.1) is 46.3 Å². The Morgan fingerprint density at radius 2 is 1.69 bits per heavy atom. The van der Waals surface area contributed by atoms with Gasteiger partial charge in [-0.25, -0.2) is 0 Å².